The third-order valence-corrected chi connectivity index (χ3v) is 12.3. The Hall–Kier alpha value is -8.74. The monoisotopic (exact) mass is 818 g/mol. The van der Waals surface area contributed by atoms with Crippen molar-refractivity contribution in [1.82, 2.24) is 19.9 Å². The van der Waals surface area contributed by atoms with Crippen molar-refractivity contribution in [3.8, 4) is 67.9 Å². The molecule has 0 aliphatic rings. The number of aromatic nitrogens is 4. The fourth-order valence-electron chi connectivity index (χ4n) is 9.26. The maximum absolute atomic E-state index is 6.74. The number of hydrogen-bond acceptors (Lipinski definition) is 6. The van der Waals surface area contributed by atoms with Crippen molar-refractivity contribution in [2.45, 2.75) is 0 Å². The van der Waals surface area contributed by atoms with Gasteiger partial charge in [-0.3, -0.25) is 0 Å². The Balaban J connectivity index is 1.00. The summed E-state index contributed by atoms with van der Waals surface area (Å²) in [6.07, 6.45) is 0. The summed E-state index contributed by atoms with van der Waals surface area (Å²) in [6.45, 7) is 0. The van der Waals surface area contributed by atoms with Crippen LogP contribution >= 0.6 is 0 Å². The van der Waals surface area contributed by atoms with E-state index >= 15 is 0 Å². The molecule has 6 nitrogen and oxygen atoms in total. The van der Waals surface area contributed by atoms with Gasteiger partial charge in [0, 0.05) is 27.6 Å². The molecule has 0 bridgehead atoms. The summed E-state index contributed by atoms with van der Waals surface area (Å²) in [6, 6.07) is 71.2. The molecule has 0 amide bonds. The molecule has 3 heterocycles. The number of hydrogen-bond donors (Lipinski definition) is 0. The van der Waals surface area contributed by atoms with Gasteiger partial charge in [-0.2, -0.15) is 0 Å². The zero-order valence-corrected chi connectivity index (χ0v) is 34.2. The minimum atomic E-state index is 0.565. The molecule has 0 saturated heterocycles. The van der Waals surface area contributed by atoms with Crippen molar-refractivity contribution in [3.05, 3.63) is 206 Å². The van der Waals surface area contributed by atoms with Crippen LogP contribution in [-0.4, -0.2) is 19.9 Å². The van der Waals surface area contributed by atoms with Crippen molar-refractivity contribution >= 4 is 65.4 Å². The van der Waals surface area contributed by atoms with E-state index in [1.165, 1.54) is 10.8 Å². The summed E-state index contributed by atoms with van der Waals surface area (Å²) < 4.78 is 13.3. The number of furan rings is 1. The first-order valence-electron chi connectivity index (χ1n) is 21.4. The Kier molecular flexibility index (Phi) is 8.11. The van der Waals surface area contributed by atoms with E-state index in [1.807, 2.05) is 42.5 Å². The average Bonchev–Trinajstić information content (AvgIpc) is 3.98. The van der Waals surface area contributed by atoms with Crippen LogP contribution in [0.2, 0.25) is 0 Å². The second-order valence-corrected chi connectivity index (χ2v) is 16.2. The van der Waals surface area contributed by atoms with Crippen molar-refractivity contribution in [2.24, 2.45) is 0 Å². The van der Waals surface area contributed by atoms with E-state index in [4.69, 9.17) is 28.8 Å². The maximum atomic E-state index is 6.74. The minimum absolute atomic E-state index is 0.565. The van der Waals surface area contributed by atoms with Crippen LogP contribution in [0.4, 0.5) is 0 Å². The molecular weight excluding hydrogens is 785 g/mol. The highest BCUT2D eigenvalue weighted by molar-refractivity contribution is 6.25. The molecule has 0 aliphatic carbocycles. The summed E-state index contributed by atoms with van der Waals surface area (Å²) in [4.78, 5) is 20.7. The van der Waals surface area contributed by atoms with Gasteiger partial charge in [0.2, 0.25) is 5.89 Å². The lowest BCUT2D eigenvalue weighted by atomic mass is 9.97. The zero-order valence-electron chi connectivity index (χ0n) is 34.2. The van der Waals surface area contributed by atoms with Crippen molar-refractivity contribution in [2.75, 3.05) is 0 Å². The summed E-state index contributed by atoms with van der Waals surface area (Å²) in [7, 11) is 0. The second kappa shape index (κ2) is 14.4. The Bertz CT molecular complexity index is 3970. The zero-order chi connectivity index (χ0) is 42.1. The SMILES string of the molecule is c1ccc(-c2cccc(-c3nc(-c4cccc(-c5cccc6ccccc56)c4)nc(-c4ccc5ccc6oc7ccc8nc(-c9cccc%10ccccc9%10)oc8c7c6c5c4)n3)c2)cc1. The standard InChI is InChI=1S/C58H34N4O2/c1-2-12-35(13-3-1)39-18-8-20-41(32-39)55-60-56(42-21-9-19-40(33-42)46-24-10-16-36-14-4-6-22-44(36)46)62-57(61-55)43-27-26-38-28-30-50-52(48(38)34-43)53-51(63-50)31-29-49-54(53)64-58(59-49)47-25-11-17-37-15-5-7-23-45(37)47/h1-34H. The Labute approximate surface area is 366 Å². The van der Waals surface area contributed by atoms with Crippen LogP contribution in [0.1, 0.15) is 0 Å². The molecule has 0 spiro atoms. The lowest BCUT2D eigenvalue weighted by Gasteiger charge is -2.12. The van der Waals surface area contributed by atoms with Crippen LogP contribution < -0.4 is 0 Å². The number of oxazole rings is 1. The lowest BCUT2D eigenvalue weighted by Crippen LogP contribution is -2.00. The molecule has 10 aromatic carbocycles. The van der Waals surface area contributed by atoms with E-state index < -0.39 is 0 Å². The van der Waals surface area contributed by atoms with Gasteiger partial charge in [0.1, 0.15) is 16.7 Å². The van der Waals surface area contributed by atoms with E-state index in [2.05, 4.69) is 164 Å². The summed E-state index contributed by atoms with van der Waals surface area (Å²) >= 11 is 0. The summed E-state index contributed by atoms with van der Waals surface area (Å²) in [5.41, 5.74) is 11.0. The normalized spacial score (nSPS) is 11.8. The molecule has 0 fully saturated rings. The smallest absolute Gasteiger partial charge is 0.227 e. The Morgan fingerprint density at radius 3 is 1.56 bits per heavy atom. The third kappa shape index (κ3) is 5.96. The van der Waals surface area contributed by atoms with Gasteiger partial charge in [-0.15, -0.1) is 0 Å². The molecule has 0 N–H and O–H groups in total. The van der Waals surface area contributed by atoms with E-state index in [1.54, 1.807) is 0 Å². The first-order valence-corrected chi connectivity index (χ1v) is 21.4. The van der Waals surface area contributed by atoms with Crippen LogP contribution in [0.5, 0.6) is 0 Å². The fourth-order valence-corrected chi connectivity index (χ4v) is 9.26. The van der Waals surface area contributed by atoms with E-state index in [0.29, 0.717) is 28.9 Å². The number of benzene rings is 10. The molecule has 0 aliphatic heterocycles. The third-order valence-electron chi connectivity index (χ3n) is 12.3. The van der Waals surface area contributed by atoms with Crippen LogP contribution in [0.3, 0.4) is 0 Å². The highest BCUT2D eigenvalue weighted by Crippen LogP contribution is 2.42. The predicted octanol–water partition coefficient (Wildman–Crippen LogP) is 15.4. The van der Waals surface area contributed by atoms with Gasteiger partial charge in [0.15, 0.2) is 23.1 Å². The molecule has 298 valence electrons. The quantitative estimate of drug-likeness (QED) is 0.166. The Morgan fingerprint density at radius 2 is 0.812 bits per heavy atom. The lowest BCUT2D eigenvalue weighted by molar-refractivity contribution is 0.623. The van der Waals surface area contributed by atoms with Gasteiger partial charge in [0.05, 0.1) is 5.39 Å². The van der Waals surface area contributed by atoms with Gasteiger partial charge in [0.25, 0.3) is 0 Å². The van der Waals surface area contributed by atoms with Gasteiger partial charge in [-0.25, -0.2) is 19.9 Å². The van der Waals surface area contributed by atoms with Crippen LogP contribution in [-0.2, 0) is 0 Å². The molecule has 0 atom stereocenters. The molecule has 13 aromatic rings. The molecule has 13 rings (SSSR count). The fraction of sp³-hybridized carbons (Fsp3) is 0. The first-order chi connectivity index (χ1) is 31.7. The molecule has 0 radical (unpaired) electrons. The van der Waals surface area contributed by atoms with Gasteiger partial charge < -0.3 is 8.83 Å². The van der Waals surface area contributed by atoms with Crippen LogP contribution in [0, 0.1) is 0 Å². The van der Waals surface area contributed by atoms with Gasteiger partial charge in [-0.1, -0.05) is 164 Å². The van der Waals surface area contributed by atoms with Gasteiger partial charge >= 0.3 is 0 Å². The Morgan fingerprint density at radius 1 is 0.297 bits per heavy atom. The molecule has 0 unspecified atom stereocenters. The highest BCUT2D eigenvalue weighted by Gasteiger charge is 2.21. The van der Waals surface area contributed by atoms with Crippen LogP contribution in [0.25, 0.3) is 133 Å². The second-order valence-electron chi connectivity index (χ2n) is 16.2. The molecule has 0 saturated carbocycles. The van der Waals surface area contributed by atoms with Gasteiger partial charge in [-0.05, 0) is 97.0 Å². The van der Waals surface area contributed by atoms with E-state index in [-0.39, 0.29) is 0 Å². The molecule has 6 heteroatoms. The van der Waals surface area contributed by atoms with E-state index in [9.17, 15) is 0 Å². The van der Waals surface area contributed by atoms with E-state index in [0.717, 1.165) is 93.5 Å². The highest BCUT2D eigenvalue weighted by atomic mass is 16.4. The number of rotatable bonds is 6. The van der Waals surface area contributed by atoms with Crippen molar-refractivity contribution in [1.29, 1.82) is 0 Å². The minimum Gasteiger partial charge on any atom is -0.456 e. The average molecular weight is 819 g/mol. The largest absolute Gasteiger partial charge is 0.456 e. The number of fused-ring (bicyclic) bond motifs is 9. The molecule has 3 aromatic heterocycles. The molecule has 64 heavy (non-hydrogen) atoms. The first kappa shape index (κ1) is 36.0. The van der Waals surface area contributed by atoms with Crippen LogP contribution in [0.15, 0.2) is 215 Å². The summed E-state index contributed by atoms with van der Waals surface area (Å²) in [5.74, 6) is 2.31. The molecular formula is C58H34N4O2. The summed E-state index contributed by atoms with van der Waals surface area (Å²) in [5, 5.41) is 8.49. The predicted molar refractivity (Wildman–Crippen MR) is 260 cm³/mol. The number of nitrogens with zero attached hydrogens (tertiary/aromatic N) is 4. The van der Waals surface area contributed by atoms with Crippen molar-refractivity contribution < 1.29 is 8.83 Å². The maximum Gasteiger partial charge on any atom is 0.227 e. The van der Waals surface area contributed by atoms with Crippen molar-refractivity contribution in [3.63, 3.8) is 0 Å². The topological polar surface area (TPSA) is 77.8 Å².